The summed E-state index contributed by atoms with van der Waals surface area (Å²) in [6, 6.07) is 6.49. The van der Waals surface area contributed by atoms with Gasteiger partial charge in [-0.1, -0.05) is 12.1 Å². The Labute approximate surface area is 134 Å². The summed E-state index contributed by atoms with van der Waals surface area (Å²) < 4.78 is 1.49. The average molecular weight is 333 g/mol. The SMILES string of the molecule is C[C@@H](C(=O)O)n1c(O)c(C=C2N=c3ccccc3=N2)sc1=S. The van der Waals surface area contributed by atoms with Crippen molar-refractivity contribution in [3.63, 3.8) is 0 Å². The Morgan fingerprint density at radius 3 is 2.50 bits per heavy atom. The summed E-state index contributed by atoms with van der Waals surface area (Å²) in [6.07, 6.45) is 1.60. The topological polar surface area (TPSA) is 87.2 Å². The van der Waals surface area contributed by atoms with E-state index in [1.54, 1.807) is 6.08 Å². The first-order valence-corrected chi connectivity index (χ1v) is 7.61. The maximum atomic E-state index is 11.1. The number of hydrogen-bond donors (Lipinski definition) is 2. The summed E-state index contributed by atoms with van der Waals surface area (Å²) in [5, 5.41) is 20.8. The summed E-state index contributed by atoms with van der Waals surface area (Å²) in [5.74, 6) is -0.798. The van der Waals surface area contributed by atoms with Crippen molar-refractivity contribution in [3.8, 4) is 5.88 Å². The van der Waals surface area contributed by atoms with E-state index >= 15 is 0 Å². The lowest BCUT2D eigenvalue weighted by molar-refractivity contribution is -0.140. The molecule has 6 nitrogen and oxygen atoms in total. The standard InChI is InChI=1S/C14H11N3O3S2/c1-7(13(19)20)17-12(18)10(22-14(17)21)6-11-15-8-4-2-3-5-9(8)16-11/h2-7,18H,1H3,(H,19,20)/t7-/m0/s1. The third kappa shape index (κ3) is 2.46. The monoisotopic (exact) mass is 333 g/mol. The predicted octanol–water partition coefficient (Wildman–Crippen LogP) is 1.88. The van der Waals surface area contributed by atoms with Crippen LogP contribution in [0.2, 0.25) is 0 Å². The van der Waals surface area contributed by atoms with Crippen molar-refractivity contribution in [2.24, 2.45) is 9.98 Å². The number of aromatic nitrogens is 1. The summed E-state index contributed by atoms with van der Waals surface area (Å²) in [6.45, 7) is 1.46. The highest BCUT2D eigenvalue weighted by atomic mass is 32.1. The number of para-hydroxylation sites is 2. The van der Waals surface area contributed by atoms with Gasteiger partial charge in [-0.3, -0.25) is 4.57 Å². The Hall–Kier alpha value is -2.32. The van der Waals surface area contributed by atoms with Crippen molar-refractivity contribution in [2.75, 3.05) is 0 Å². The molecule has 22 heavy (non-hydrogen) atoms. The van der Waals surface area contributed by atoms with E-state index < -0.39 is 12.0 Å². The quantitative estimate of drug-likeness (QED) is 0.840. The molecule has 3 rings (SSSR count). The highest BCUT2D eigenvalue weighted by Gasteiger charge is 2.21. The van der Waals surface area contributed by atoms with E-state index in [4.69, 9.17) is 17.3 Å². The number of aromatic hydroxyl groups is 1. The maximum Gasteiger partial charge on any atom is 0.326 e. The highest BCUT2D eigenvalue weighted by molar-refractivity contribution is 7.73. The number of rotatable bonds is 3. The Morgan fingerprint density at radius 1 is 1.36 bits per heavy atom. The first-order valence-electron chi connectivity index (χ1n) is 6.38. The molecule has 0 saturated heterocycles. The van der Waals surface area contributed by atoms with Gasteiger partial charge in [-0.2, -0.15) is 0 Å². The highest BCUT2D eigenvalue weighted by Crippen LogP contribution is 2.31. The number of aliphatic carboxylic acids is 1. The smallest absolute Gasteiger partial charge is 0.326 e. The van der Waals surface area contributed by atoms with E-state index in [9.17, 15) is 9.90 Å². The number of benzene rings is 1. The van der Waals surface area contributed by atoms with E-state index in [-0.39, 0.29) is 9.83 Å². The van der Waals surface area contributed by atoms with Gasteiger partial charge in [-0.05, 0) is 31.3 Å². The molecule has 2 N–H and O–H groups in total. The number of thiazole rings is 1. The molecule has 0 bridgehead atoms. The molecule has 0 spiro atoms. The molecule has 112 valence electrons. The molecule has 0 fully saturated rings. The van der Waals surface area contributed by atoms with Crippen LogP contribution in [0.3, 0.4) is 0 Å². The Morgan fingerprint density at radius 2 is 1.95 bits per heavy atom. The molecule has 0 unspecified atom stereocenters. The summed E-state index contributed by atoms with van der Waals surface area (Å²) >= 11 is 6.25. The van der Waals surface area contributed by atoms with Gasteiger partial charge >= 0.3 is 5.97 Å². The van der Waals surface area contributed by atoms with Crippen LogP contribution < -0.4 is 10.7 Å². The Balaban J connectivity index is 2.07. The van der Waals surface area contributed by atoms with Gasteiger partial charge in [-0.25, -0.2) is 14.8 Å². The zero-order valence-electron chi connectivity index (χ0n) is 11.4. The molecule has 0 amide bonds. The lowest BCUT2D eigenvalue weighted by Gasteiger charge is -2.08. The second-order valence-corrected chi connectivity index (χ2v) is 6.33. The molecule has 0 radical (unpaired) electrons. The zero-order valence-corrected chi connectivity index (χ0v) is 13.1. The minimum Gasteiger partial charge on any atom is -0.493 e. The fraction of sp³-hybridized carbons (Fsp3) is 0.143. The van der Waals surface area contributed by atoms with Crippen molar-refractivity contribution in [2.45, 2.75) is 13.0 Å². The fourth-order valence-electron chi connectivity index (χ4n) is 2.05. The van der Waals surface area contributed by atoms with Gasteiger partial charge in [0.2, 0.25) is 5.88 Å². The van der Waals surface area contributed by atoms with Gasteiger partial charge in [0.05, 0.1) is 15.6 Å². The molecule has 2 aromatic rings. The van der Waals surface area contributed by atoms with Crippen molar-refractivity contribution in [1.82, 2.24) is 4.57 Å². The molecule has 0 saturated carbocycles. The number of hydrogen-bond acceptors (Lipinski definition) is 6. The Kier molecular flexibility index (Phi) is 3.63. The molecule has 2 heterocycles. The predicted molar refractivity (Wildman–Crippen MR) is 83.9 cm³/mol. The van der Waals surface area contributed by atoms with Crippen LogP contribution in [0.5, 0.6) is 5.88 Å². The third-order valence-corrected chi connectivity index (χ3v) is 4.54. The molecular formula is C14H11N3O3S2. The number of nitrogens with zero attached hydrogens (tertiary/aromatic N) is 3. The van der Waals surface area contributed by atoms with E-state index in [1.807, 2.05) is 24.3 Å². The van der Waals surface area contributed by atoms with Crippen LogP contribution in [0.25, 0.3) is 6.08 Å². The second-order valence-electron chi connectivity index (χ2n) is 4.65. The molecular weight excluding hydrogens is 322 g/mol. The molecule has 1 aromatic heterocycles. The average Bonchev–Trinajstić information content (AvgIpc) is 2.99. The first-order chi connectivity index (χ1) is 10.5. The zero-order chi connectivity index (χ0) is 15.9. The number of carboxylic acids is 1. The van der Waals surface area contributed by atoms with E-state index in [2.05, 4.69) is 9.98 Å². The molecule has 8 heteroatoms. The second kappa shape index (κ2) is 5.47. The fourth-order valence-corrected chi connectivity index (χ4v) is 3.45. The van der Waals surface area contributed by atoms with Crippen LogP contribution in [0.1, 0.15) is 17.8 Å². The van der Waals surface area contributed by atoms with Crippen LogP contribution in [0.15, 0.2) is 40.1 Å². The summed E-state index contributed by atoms with van der Waals surface area (Å²) in [4.78, 5) is 20.2. The van der Waals surface area contributed by atoms with Crippen molar-refractivity contribution < 1.29 is 15.0 Å². The van der Waals surface area contributed by atoms with Gasteiger partial charge in [-0.15, -0.1) is 11.3 Å². The maximum absolute atomic E-state index is 11.1. The van der Waals surface area contributed by atoms with E-state index in [1.165, 1.54) is 11.5 Å². The number of carbonyl (C=O) groups is 1. The van der Waals surface area contributed by atoms with Gasteiger partial charge in [0, 0.05) is 6.08 Å². The normalized spacial score (nSPS) is 14.0. The first kappa shape index (κ1) is 14.6. The molecule has 1 aliphatic rings. The van der Waals surface area contributed by atoms with Crippen LogP contribution in [0.4, 0.5) is 0 Å². The minimum absolute atomic E-state index is 0.182. The minimum atomic E-state index is -1.06. The van der Waals surface area contributed by atoms with Gasteiger partial charge in [0.1, 0.15) is 6.04 Å². The van der Waals surface area contributed by atoms with Crippen molar-refractivity contribution in [3.05, 3.63) is 49.6 Å². The van der Waals surface area contributed by atoms with Crippen molar-refractivity contribution in [1.29, 1.82) is 0 Å². The van der Waals surface area contributed by atoms with Crippen LogP contribution in [0, 0.1) is 3.95 Å². The molecule has 1 aromatic carbocycles. The Bertz CT molecular complexity index is 935. The van der Waals surface area contributed by atoms with Gasteiger partial charge in [0.25, 0.3) is 0 Å². The molecule has 1 atom stereocenters. The summed E-state index contributed by atoms with van der Waals surface area (Å²) in [7, 11) is 0. The largest absolute Gasteiger partial charge is 0.493 e. The van der Waals surface area contributed by atoms with Gasteiger partial charge < -0.3 is 10.2 Å². The third-order valence-electron chi connectivity index (χ3n) is 3.20. The lowest BCUT2D eigenvalue weighted by Crippen LogP contribution is -2.19. The molecule has 1 aliphatic heterocycles. The summed E-state index contributed by atoms with van der Waals surface area (Å²) in [5.41, 5.74) is 0. The van der Waals surface area contributed by atoms with Crippen LogP contribution in [-0.2, 0) is 4.79 Å². The number of fused-ring (bicyclic) bond motifs is 1. The van der Waals surface area contributed by atoms with E-state index in [0.717, 1.165) is 22.1 Å². The van der Waals surface area contributed by atoms with E-state index in [0.29, 0.717) is 10.7 Å². The number of carboxylic acid groups (broad SMARTS) is 1. The lowest BCUT2D eigenvalue weighted by atomic mass is 10.3. The van der Waals surface area contributed by atoms with Crippen LogP contribution in [-0.4, -0.2) is 20.7 Å². The van der Waals surface area contributed by atoms with Crippen LogP contribution >= 0.6 is 23.6 Å². The molecule has 0 aliphatic carbocycles. The van der Waals surface area contributed by atoms with Crippen molar-refractivity contribution >= 4 is 35.6 Å². The van der Waals surface area contributed by atoms with Gasteiger partial charge in [0.15, 0.2) is 9.78 Å².